The van der Waals surface area contributed by atoms with Gasteiger partial charge in [0.1, 0.15) is 5.15 Å². The minimum absolute atomic E-state index is 0.292. The van der Waals surface area contributed by atoms with Gasteiger partial charge in [-0.25, -0.2) is 4.98 Å². The first-order valence-electron chi connectivity index (χ1n) is 4.94. The zero-order valence-corrected chi connectivity index (χ0v) is 9.85. The highest BCUT2D eigenvalue weighted by Crippen LogP contribution is 2.13. The Hall–Kier alpha value is -0.450. The molecule has 1 N–H and O–H groups in total. The Morgan fingerprint density at radius 2 is 2.47 bits per heavy atom. The van der Waals surface area contributed by atoms with Gasteiger partial charge in [-0.15, -0.1) is 0 Å². The van der Waals surface area contributed by atoms with Crippen molar-refractivity contribution in [1.82, 2.24) is 10.3 Å². The summed E-state index contributed by atoms with van der Waals surface area (Å²) in [4.78, 5) is 3.97. The van der Waals surface area contributed by atoms with E-state index in [9.17, 15) is 4.21 Å². The highest BCUT2D eigenvalue weighted by molar-refractivity contribution is 7.84. The first-order valence-corrected chi connectivity index (χ1v) is 6.70. The van der Waals surface area contributed by atoms with Gasteiger partial charge in [-0.3, -0.25) is 4.21 Å². The molecule has 1 aliphatic rings. The largest absolute Gasteiger partial charge is 0.315 e. The lowest BCUT2D eigenvalue weighted by atomic mass is 10.3. The summed E-state index contributed by atoms with van der Waals surface area (Å²) in [5, 5.41) is 3.99. The molecule has 5 heteroatoms. The molecule has 2 rings (SSSR count). The molecule has 0 bridgehead atoms. The predicted molar refractivity (Wildman–Crippen MR) is 62.4 cm³/mol. The van der Waals surface area contributed by atoms with E-state index in [-0.39, 0.29) is 0 Å². The van der Waals surface area contributed by atoms with Crippen LogP contribution in [0.4, 0.5) is 0 Å². The maximum Gasteiger partial charge on any atom is 0.129 e. The van der Waals surface area contributed by atoms with Crippen molar-refractivity contribution in [2.24, 2.45) is 0 Å². The molecule has 0 radical (unpaired) electrons. The van der Waals surface area contributed by atoms with Crippen LogP contribution in [0.5, 0.6) is 0 Å². The lowest BCUT2D eigenvalue weighted by molar-refractivity contribution is 0.672. The minimum Gasteiger partial charge on any atom is -0.315 e. The van der Waals surface area contributed by atoms with E-state index in [1.807, 2.05) is 6.07 Å². The van der Waals surface area contributed by atoms with Gasteiger partial charge in [-0.2, -0.15) is 0 Å². The SMILES string of the molecule is O=[S@@](Cc1ccc(Cl)nc1)[C@@H]1CCNC1. The first kappa shape index (κ1) is 11.0. The van der Waals surface area contributed by atoms with Gasteiger partial charge in [-0.05, 0) is 24.6 Å². The van der Waals surface area contributed by atoms with Gasteiger partial charge in [-0.1, -0.05) is 17.7 Å². The maximum absolute atomic E-state index is 11.9. The van der Waals surface area contributed by atoms with Crippen molar-refractivity contribution in [3.8, 4) is 0 Å². The average molecular weight is 245 g/mol. The van der Waals surface area contributed by atoms with Crippen LogP contribution in [0.3, 0.4) is 0 Å². The van der Waals surface area contributed by atoms with Gasteiger partial charge in [0.25, 0.3) is 0 Å². The van der Waals surface area contributed by atoms with Gasteiger partial charge >= 0.3 is 0 Å². The molecule has 1 aliphatic heterocycles. The first-order chi connectivity index (χ1) is 7.25. The Morgan fingerprint density at radius 1 is 1.60 bits per heavy atom. The van der Waals surface area contributed by atoms with E-state index < -0.39 is 10.8 Å². The third-order valence-corrected chi connectivity index (χ3v) is 4.47. The number of halogens is 1. The van der Waals surface area contributed by atoms with Crippen molar-refractivity contribution in [1.29, 1.82) is 0 Å². The summed E-state index contributed by atoms with van der Waals surface area (Å²) in [6.45, 7) is 1.85. The van der Waals surface area contributed by atoms with E-state index in [0.717, 1.165) is 25.1 Å². The molecule has 0 unspecified atom stereocenters. The van der Waals surface area contributed by atoms with E-state index in [1.165, 1.54) is 0 Å². The lowest BCUT2D eigenvalue weighted by Gasteiger charge is -2.07. The standard InChI is InChI=1S/C10H13ClN2OS/c11-10-2-1-8(5-13-10)7-15(14)9-3-4-12-6-9/h1-2,5,9,12H,3-4,6-7H2/t9-,15+/m1/s1. The molecular weight excluding hydrogens is 232 g/mol. The monoisotopic (exact) mass is 244 g/mol. The predicted octanol–water partition coefficient (Wildman–Crippen LogP) is 1.35. The van der Waals surface area contributed by atoms with Crippen LogP contribution >= 0.6 is 11.6 Å². The number of nitrogens with zero attached hydrogens (tertiary/aromatic N) is 1. The summed E-state index contributed by atoms with van der Waals surface area (Å²) >= 11 is 5.68. The topological polar surface area (TPSA) is 42.0 Å². The number of aromatic nitrogens is 1. The molecule has 3 nitrogen and oxygen atoms in total. The van der Waals surface area contributed by atoms with Crippen LogP contribution in [0.2, 0.25) is 5.15 Å². The third kappa shape index (κ3) is 3.00. The smallest absolute Gasteiger partial charge is 0.129 e. The maximum atomic E-state index is 11.9. The van der Waals surface area contributed by atoms with Crippen LogP contribution in [-0.4, -0.2) is 27.5 Å². The number of rotatable bonds is 3. The molecule has 0 aliphatic carbocycles. The number of hydrogen-bond donors (Lipinski definition) is 1. The molecule has 1 fully saturated rings. The molecule has 0 spiro atoms. The van der Waals surface area contributed by atoms with Crippen LogP contribution in [0.25, 0.3) is 0 Å². The molecule has 82 valence electrons. The van der Waals surface area contributed by atoms with Crippen molar-refractivity contribution < 1.29 is 4.21 Å². The van der Waals surface area contributed by atoms with Crippen molar-refractivity contribution in [3.63, 3.8) is 0 Å². The van der Waals surface area contributed by atoms with Gasteiger partial charge in [0, 0.05) is 28.8 Å². The Balaban J connectivity index is 1.96. The van der Waals surface area contributed by atoms with E-state index in [0.29, 0.717) is 16.2 Å². The van der Waals surface area contributed by atoms with E-state index in [1.54, 1.807) is 12.3 Å². The molecule has 0 saturated carbocycles. The molecule has 0 aromatic carbocycles. The average Bonchev–Trinajstić information content (AvgIpc) is 2.74. The van der Waals surface area contributed by atoms with Crippen LogP contribution < -0.4 is 5.32 Å². The second-order valence-corrected chi connectivity index (χ2v) is 5.73. The highest BCUT2D eigenvalue weighted by Gasteiger charge is 2.20. The fraction of sp³-hybridized carbons (Fsp3) is 0.500. The second-order valence-electron chi connectivity index (χ2n) is 3.63. The van der Waals surface area contributed by atoms with Gasteiger partial charge in [0.2, 0.25) is 0 Å². The summed E-state index contributed by atoms with van der Waals surface area (Å²) in [6, 6.07) is 3.62. The lowest BCUT2D eigenvalue weighted by Crippen LogP contribution is -2.19. The van der Waals surface area contributed by atoms with E-state index in [2.05, 4.69) is 10.3 Å². The quantitative estimate of drug-likeness (QED) is 0.817. The molecule has 15 heavy (non-hydrogen) atoms. The molecule has 1 aromatic rings. The fourth-order valence-electron chi connectivity index (χ4n) is 1.63. The Morgan fingerprint density at radius 3 is 3.07 bits per heavy atom. The normalized spacial score (nSPS) is 22.9. The Kier molecular flexibility index (Phi) is 3.72. The van der Waals surface area contributed by atoms with Crippen molar-refractivity contribution in [3.05, 3.63) is 29.0 Å². The van der Waals surface area contributed by atoms with Crippen molar-refractivity contribution in [2.45, 2.75) is 17.4 Å². The third-order valence-electron chi connectivity index (χ3n) is 2.48. The summed E-state index contributed by atoms with van der Waals surface area (Å²) in [5.41, 5.74) is 0.990. The van der Waals surface area contributed by atoms with Gasteiger partial charge in [0.05, 0.1) is 5.75 Å². The Bertz CT molecular complexity index is 349. The summed E-state index contributed by atoms with van der Waals surface area (Å²) in [5.74, 6) is 0.580. The molecule has 1 aromatic heterocycles. The number of hydrogen-bond acceptors (Lipinski definition) is 3. The number of nitrogens with one attached hydrogen (secondary N) is 1. The number of pyridine rings is 1. The van der Waals surface area contributed by atoms with Crippen LogP contribution in [-0.2, 0) is 16.6 Å². The van der Waals surface area contributed by atoms with Crippen molar-refractivity contribution >= 4 is 22.4 Å². The zero-order chi connectivity index (χ0) is 10.7. The van der Waals surface area contributed by atoms with Crippen molar-refractivity contribution in [2.75, 3.05) is 13.1 Å². The van der Waals surface area contributed by atoms with Crippen LogP contribution in [0.1, 0.15) is 12.0 Å². The van der Waals surface area contributed by atoms with E-state index >= 15 is 0 Å². The molecule has 2 atom stereocenters. The zero-order valence-electron chi connectivity index (χ0n) is 8.28. The molecule has 2 heterocycles. The molecule has 1 saturated heterocycles. The van der Waals surface area contributed by atoms with Crippen LogP contribution in [0, 0.1) is 0 Å². The fourth-order valence-corrected chi connectivity index (χ4v) is 3.16. The summed E-state index contributed by atoms with van der Waals surface area (Å²) in [7, 11) is -0.799. The van der Waals surface area contributed by atoms with Gasteiger partial charge < -0.3 is 5.32 Å². The van der Waals surface area contributed by atoms with E-state index in [4.69, 9.17) is 11.6 Å². The van der Waals surface area contributed by atoms with Crippen LogP contribution in [0.15, 0.2) is 18.3 Å². The Labute approximate surface area is 96.7 Å². The highest BCUT2D eigenvalue weighted by atomic mass is 35.5. The molecular formula is C10H13ClN2OS. The molecule has 0 amide bonds. The second kappa shape index (κ2) is 5.05. The minimum atomic E-state index is -0.799. The summed E-state index contributed by atoms with van der Waals surface area (Å²) in [6.07, 6.45) is 2.70. The van der Waals surface area contributed by atoms with Gasteiger partial charge in [0.15, 0.2) is 0 Å². The summed E-state index contributed by atoms with van der Waals surface area (Å²) < 4.78 is 11.9.